The first-order chi connectivity index (χ1) is 8.95. The van der Waals surface area contributed by atoms with Gasteiger partial charge in [0.05, 0.1) is 18.8 Å². The normalized spacial score (nSPS) is 23.3. The Labute approximate surface area is 121 Å². The summed E-state index contributed by atoms with van der Waals surface area (Å²) in [5.74, 6) is 1.50. The van der Waals surface area contributed by atoms with Gasteiger partial charge >= 0.3 is 0 Å². The van der Waals surface area contributed by atoms with Crippen molar-refractivity contribution in [2.45, 2.75) is 53.2 Å². The summed E-state index contributed by atoms with van der Waals surface area (Å²) in [6.07, 6.45) is 1.73. The highest BCUT2D eigenvalue weighted by Crippen LogP contribution is 2.37. The second-order valence-electron chi connectivity index (χ2n) is 5.53. The summed E-state index contributed by atoms with van der Waals surface area (Å²) in [6, 6.07) is 1.99. The van der Waals surface area contributed by atoms with Crippen LogP contribution in [0, 0.1) is 19.8 Å². The van der Waals surface area contributed by atoms with E-state index in [0.29, 0.717) is 24.7 Å². The molecule has 1 aliphatic heterocycles. The predicted octanol–water partition coefficient (Wildman–Crippen LogP) is 4.32. The molecule has 1 aliphatic rings. The molecule has 106 valence electrons. The molecule has 1 fully saturated rings. The van der Waals surface area contributed by atoms with Crippen molar-refractivity contribution in [1.29, 1.82) is 0 Å². The van der Waals surface area contributed by atoms with Gasteiger partial charge in [-0.2, -0.15) is 0 Å². The number of ether oxygens (including phenoxy) is 2. The molecule has 0 N–H and O–H groups in total. The van der Waals surface area contributed by atoms with Gasteiger partial charge in [0.1, 0.15) is 5.75 Å². The first-order valence-corrected chi connectivity index (χ1v) is 7.40. The Balaban J connectivity index is 2.30. The van der Waals surface area contributed by atoms with Crippen LogP contribution >= 0.6 is 11.6 Å². The topological polar surface area (TPSA) is 21.8 Å². The number of halogens is 1. The molecular formula is C16H23ClO2. The van der Waals surface area contributed by atoms with E-state index in [4.69, 9.17) is 21.1 Å². The largest absolute Gasteiger partial charge is 0.493 e. The van der Waals surface area contributed by atoms with Crippen LogP contribution < -0.4 is 4.74 Å². The van der Waals surface area contributed by atoms with Crippen LogP contribution in [0.4, 0.5) is 0 Å². The van der Waals surface area contributed by atoms with Crippen molar-refractivity contribution >= 4 is 11.6 Å². The van der Waals surface area contributed by atoms with E-state index in [0.717, 1.165) is 28.3 Å². The summed E-state index contributed by atoms with van der Waals surface area (Å²) in [7, 11) is 0. The van der Waals surface area contributed by atoms with E-state index >= 15 is 0 Å². The van der Waals surface area contributed by atoms with Gasteiger partial charge in [-0.25, -0.2) is 0 Å². The molecule has 2 rings (SSSR count). The second-order valence-corrected chi connectivity index (χ2v) is 5.94. The lowest BCUT2D eigenvalue weighted by Gasteiger charge is -2.19. The highest BCUT2D eigenvalue weighted by Gasteiger charge is 2.39. The fourth-order valence-corrected chi connectivity index (χ4v) is 3.02. The van der Waals surface area contributed by atoms with E-state index in [-0.39, 0.29) is 0 Å². The summed E-state index contributed by atoms with van der Waals surface area (Å²) in [5, 5.41) is 0.827. The number of hydrogen-bond donors (Lipinski definition) is 0. The van der Waals surface area contributed by atoms with Gasteiger partial charge in [-0.05, 0) is 62.8 Å². The van der Waals surface area contributed by atoms with Crippen molar-refractivity contribution in [1.82, 2.24) is 0 Å². The standard InChI is InChI=1S/C16H23ClO2/c1-6-18-16-10(3)8-14(17)11(4)13(16)7-9(2)15-12(5)19-15/h8-9,12,15H,6-7H2,1-5H3. The molecular weight excluding hydrogens is 260 g/mol. The fraction of sp³-hybridized carbons (Fsp3) is 0.625. The monoisotopic (exact) mass is 282 g/mol. The summed E-state index contributed by atoms with van der Waals surface area (Å²) >= 11 is 6.31. The van der Waals surface area contributed by atoms with Crippen LogP contribution in [-0.2, 0) is 11.2 Å². The third-order valence-corrected chi connectivity index (χ3v) is 4.31. The van der Waals surface area contributed by atoms with E-state index in [1.165, 1.54) is 5.56 Å². The molecule has 0 amide bonds. The zero-order valence-electron chi connectivity index (χ0n) is 12.4. The molecule has 1 aromatic carbocycles. The van der Waals surface area contributed by atoms with E-state index in [1.807, 2.05) is 13.0 Å². The summed E-state index contributed by atoms with van der Waals surface area (Å²) < 4.78 is 11.4. The minimum absolute atomic E-state index is 0.383. The average Bonchev–Trinajstić information content (AvgIpc) is 3.08. The first kappa shape index (κ1) is 14.7. The minimum atomic E-state index is 0.383. The number of aryl methyl sites for hydroxylation is 1. The molecule has 0 radical (unpaired) electrons. The lowest BCUT2D eigenvalue weighted by molar-refractivity contribution is 0.315. The maximum Gasteiger partial charge on any atom is 0.125 e. The van der Waals surface area contributed by atoms with Crippen molar-refractivity contribution in [3.8, 4) is 5.75 Å². The molecule has 0 aliphatic carbocycles. The van der Waals surface area contributed by atoms with Crippen molar-refractivity contribution in [2.75, 3.05) is 6.61 Å². The molecule has 1 heterocycles. The Morgan fingerprint density at radius 2 is 2.05 bits per heavy atom. The van der Waals surface area contributed by atoms with Crippen LogP contribution in [0.1, 0.15) is 37.5 Å². The van der Waals surface area contributed by atoms with Gasteiger partial charge in [0.2, 0.25) is 0 Å². The number of rotatable bonds is 5. The van der Waals surface area contributed by atoms with Gasteiger partial charge in [0.25, 0.3) is 0 Å². The second kappa shape index (κ2) is 5.72. The lowest BCUT2D eigenvalue weighted by atomic mass is 9.92. The SMILES string of the molecule is CCOc1c(C)cc(Cl)c(C)c1CC(C)C1OC1C. The predicted molar refractivity (Wildman–Crippen MR) is 79.3 cm³/mol. The summed E-state index contributed by atoms with van der Waals surface area (Å²) in [6.45, 7) is 11.2. The molecule has 0 spiro atoms. The smallest absolute Gasteiger partial charge is 0.125 e. The number of benzene rings is 1. The van der Waals surface area contributed by atoms with Crippen molar-refractivity contribution in [3.05, 3.63) is 27.8 Å². The lowest BCUT2D eigenvalue weighted by Crippen LogP contribution is -2.12. The van der Waals surface area contributed by atoms with Gasteiger partial charge in [-0.15, -0.1) is 0 Å². The first-order valence-electron chi connectivity index (χ1n) is 7.02. The molecule has 3 heteroatoms. The highest BCUT2D eigenvalue weighted by atomic mass is 35.5. The molecule has 19 heavy (non-hydrogen) atoms. The van der Waals surface area contributed by atoms with E-state index in [2.05, 4.69) is 27.7 Å². The van der Waals surface area contributed by atoms with Crippen molar-refractivity contribution in [2.24, 2.45) is 5.92 Å². The zero-order chi connectivity index (χ0) is 14.2. The Morgan fingerprint density at radius 1 is 1.42 bits per heavy atom. The Bertz CT molecular complexity index is 470. The fourth-order valence-electron chi connectivity index (χ4n) is 2.74. The van der Waals surface area contributed by atoms with Gasteiger partial charge < -0.3 is 9.47 Å². The number of epoxide rings is 1. The van der Waals surface area contributed by atoms with Crippen LogP contribution in [-0.4, -0.2) is 18.8 Å². The summed E-state index contributed by atoms with van der Waals surface area (Å²) in [4.78, 5) is 0. The van der Waals surface area contributed by atoms with Crippen LogP contribution in [0.15, 0.2) is 6.07 Å². The van der Waals surface area contributed by atoms with Gasteiger partial charge in [0, 0.05) is 5.02 Å². The Kier molecular flexibility index (Phi) is 4.42. The van der Waals surface area contributed by atoms with Crippen LogP contribution in [0.3, 0.4) is 0 Å². The highest BCUT2D eigenvalue weighted by molar-refractivity contribution is 6.31. The third-order valence-electron chi connectivity index (χ3n) is 3.92. The Morgan fingerprint density at radius 3 is 2.58 bits per heavy atom. The van der Waals surface area contributed by atoms with Gasteiger partial charge in [-0.3, -0.25) is 0 Å². The van der Waals surface area contributed by atoms with Crippen LogP contribution in [0.25, 0.3) is 0 Å². The average molecular weight is 283 g/mol. The number of hydrogen-bond acceptors (Lipinski definition) is 2. The molecule has 0 aromatic heterocycles. The molecule has 3 unspecified atom stereocenters. The maximum absolute atomic E-state index is 6.31. The summed E-state index contributed by atoms with van der Waals surface area (Å²) in [5.41, 5.74) is 3.49. The third kappa shape index (κ3) is 3.06. The van der Waals surface area contributed by atoms with E-state index < -0.39 is 0 Å². The van der Waals surface area contributed by atoms with Crippen LogP contribution in [0.2, 0.25) is 5.02 Å². The van der Waals surface area contributed by atoms with E-state index in [1.54, 1.807) is 0 Å². The quantitative estimate of drug-likeness (QED) is 0.750. The van der Waals surface area contributed by atoms with Crippen molar-refractivity contribution in [3.63, 3.8) is 0 Å². The molecule has 0 saturated carbocycles. The minimum Gasteiger partial charge on any atom is -0.493 e. The molecule has 2 nitrogen and oxygen atoms in total. The molecule has 1 aromatic rings. The maximum atomic E-state index is 6.31. The van der Waals surface area contributed by atoms with Gasteiger partial charge in [0.15, 0.2) is 0 Å². The van der Waals surface area contributed by atoms with Crippen molar-refractivity contribution < 1.29 is 9.47 Å². The van der Waals surface area contributed by atoms with Gasteiger partial charge in [-0.1, -0.05) is 18.5 Å². The Hall–Kier alpha value is -0.730. The molecule has 0 bridgehead atoms. The van der Waals surface area contributed by atoms with E-state index in [9.17, 15) is 0 Å². The zero-order valence-corrected chi connectivity index (χ0v) is 13.2. The molecule has 3 atom stereocenters. The van der Waals surface area contributed by atoms with Crippen LogP contribution in [0.5, 0.6) is 5.75 Å². The molecule has 1 saturated heterocycles.